The lowest BCUT2D eigenvalue weighted by atomic mass is 10.3. The number of aromatic nitrogens is 3. The number of aryl methyl sites for hydroxylation is 3. The van der Waals surface area contributed by atoms with E-state index in [1.165, 1.54) is 16.7 Å². The zero-order chi connectivity index (χ0) is 23.4. The first-order valence-electron chi connectivity index (χ1n) is 7.95. The van der Waals surface area contributed by atoms with E-state index < -0.39 is 19.9 Å². The molecule has 3 aromatic rings. The SMILES string of the molecule is Cc1cccnc1.Cc1cccnc1.Cc1cccnc1.Cl.O=S(=O)(O)Cl.O=S(=O)=O. The molecule has 3 rings (SSSR count). The summed E-state index contributed by atoms with van der Waals surface area (Å²) < 4.78 is 50.5. The fraction of sp³-hybridized carbons (Fsp3) is 0.167. The maximum absolute atomic E-state index is 8.95. The Kier molecular flexibility index (Phi) is 22.3. The third kappa shape index (κ3) is 38.7. The molecule has 172 valence electrons. The van der Waals surface area contributed by atoms with E-state index >= 15 is 0 Å². The van der Waals surface area contributed by atoms with Gasteiger partial charge < -0.3 is 0 Å². The fourth-order valence-corrected chi connectivity index (χ4v) is 1.34. The average Bonchev–Trinajstić information content (AvgIpc) is 2.63. The fourth-order valence-electron chi connectivity index (χ4n) is 1.34. The molecule has 0 aliphatic heterocycles. The normalized spacial score (nSPS) is 8.55. The number of hydrogen-bond acceptors (Lipinski definition) is 8. The Morgan fingerprint density at radius 3 is 1.00 bits per heavy atom. The molecule has 0 amide bonds. The maximum Gasteiger partial charge on any atom is 0.425 e. The van der Waals surface area contributed by atoms with Crippen molar-refractivity contribution in [1.82, 2.24) is 15.0 Å². The molecule has 0 aliphatic carbocycles. The standard InChI is InChI=1S/3C6H7N.ClHO3S.ClH.O3S/c3*1-6-3-2-4-7-5-6;1-5(2,3)4;;1-4(2)3/h3*2-5H,1H3;(H,2,3,4);1H;. The van der Waals surface area contributed by atoms with E-state index in [2.05, 4.69) is 25.6 Å². The number of halogens is 2. The van der Waals surface area contributed by atoms with Crippen molar-refractivity contribution in [2.24, 2.45) is 0 Å². The van der Waals surface area contributed by atoms with Gasteiger partial charge >= 0.3 is 19.9 Å². The largest absolute Gasteiger partial charge is 0.425 e. The number of nitrogens with zero attached hydrogens (tertiary/aromatic N) is 3. The molecule has 3 heterocycles. The summed E-state index contributed by atoms with van der Waals surface area (Å²) in [5, 5.41) is 0. The Hall–Kier alpha value is -2.44. The topological polar surface area (TPSA) is 144 Å². The number of rotatable bonds is 0. The molecule has 0 bridgehead atoms. The zero-order valence-corrected chi connectivity index (χ0v) is 20.1. The predicted molar refractivity (Wildman–Crippen MR) is 121 cm³/mol. The van der Waals surface area contributed by atoms with Crippen LogP contribution in [0.25, 0.3) is 0 Å². The van der Waals surface area contributed by atoms with Crippen molar-refractivity contribution in [3.8, 4) is 0 Å². The van der Waals surface area contributed by atoms with Gasteiger partial charge in [-0.25, -0.2) is 0 Å². The van der Waals surface area contributed by atoms with Crippen LogP contribution >= 0.6 is 23.1 Å². The maximum atomic E-state index is 8.95. The van der Waals surface area contributed by atoms with Gasteiger partial charge in [0.25, 0.3) is 0 Å². The number of hydrogen-bond donors (Lipinski definition) is 1. The lowest BCUT2D eigenvalue weighted by Gasteiger charge is -1.82. The molecule has 31 heavy (non-hydrogen) atoms. The van der Waals surface area contributed by atoms with Crippen molar-refractivity contribution < 1.29 is 25.6 Å². The molecule has 0 aromatic carbocycles. The van der Waals surface area contributed by atoms with Gasteiger partial charge in [-0.1, -0.05) is 18.2 Å². The highest BCUT2D eigenvalue weighted by atomic mass is 35.7. The molecule has 0 fully saturated rings. The second-order valence-corrected chi connectivity index (χ2v) is 7.61. The molecule has 0 unspecified atom stereocenters. The van der Waals surface area contributed by atoms with Crippen molar-refractivity contribution in [3.05, 3.63) is 90.3 Å². The minimum absolute atomic E-state index is 0. The Morgan fingerprint density at radius 1 is 0.742 bits per heavy atom. The molecule has 13 heteroatoms. The lowest BCUT2D eigenvalue weighted by Crippen LogP contribution is -1.77. The summed E-state index contributed by atoms with van der Waals surface area (Å²) in [5.74, 6) is 0. The lowest BCUT2D eigenvalue weighted by molar-refractivity contribution is 0.501. The molecule has 0 atom stereocenters. The third-order valence-corrected chi connectivity index (χ3v) is 2.43. The Morgan fingerprint density at radius 2 is 0.935 bits per heavy atom. The smallest absolute Gasteiger partial charge is 0.273 e. The molecule has 0 aliphatic rings. The van der Waals surface area contributed by atoms with Crippen molar-refractivity contribution >= 4 is 43.0 Å². The van der Waals surface area contributed by atoms with E-state index in [0.29, 0.717) is 0 Å². The summed E-state index contributed by atoms with van der Waals surface area (Å²) in [6.07, 6.45) is 10.8. The summed E-state index contributed by atoms with van der Waals surface area (Å²) in [6.45, 7) is 6.06. The van der Waals surface area contributed by atoms with Crippen LogP contribution in [0, 0.1) is 20.8 Å². The molecule has 0 saturated carbocycles. The first-order valence-corrected chi connectivity index (χ1v) is 11.2. The first kappa shape index (κ1) is 33.2. The molecule has 0 radical (unpaired) electrons. The van der Waals surface area contributed by atoms with Crippen LogP contribution in [-0.2, 0) is 19.9 Å². The third-order valence-electron chi connectivity index (χ3n) is 2.43. The minimum Gasteiger partial charge on any atom is -0.273 e. The molecular weight excluding hydrogens is 489 g/mol. The second kappa shape index (κ2) is 20.8. The van der Waals surface area contributed by atoms with Gasteiger partial charge in [0, 0.05) is 47.9 Å². The molecule has 3 aromatic heterocycles. The van der Waals surface area contributed by atoms with Gasteiger partial charge in [-0.2, -0.15) is 8.42 Å². The molecular formula is C18H23Cl2N3O6S2. The Bertz CT molecular complexity index is 907. The molecule has 9 nitrogen and oxygen atoms in total. The van der Waals surface area contributed by atoms with Crippen LogP contribution in [-0.4, -0.2) is 40.5 Å². The van der Waals surface area contributed by atoms with Crippen molar-refractivity contribution in [3.63, 3.8) is 0 Å². The van der Waals surface area contributed by atoms with E-state index in [-0.39, 0.29) is 12.4 Å². The van der Waals surface area contributed by atoms with Crippen LogP contribution in [0.4, 0.5) is 0 Å². The number of pyridine rings is 3. The summed E-state index contributed by atoms with van der Waals surface area (Å²) in [4.78, 5) is 11.7. The summed E-state index contributed by atoms with van der Waals surface area (Å²) in [5.41, 5.74) is 3.63. The quantitative estimate of drug-likeness (QED) is 0.353. The van der Waals surface area contributed by atoms with E-state index in [1.807, 2.05) is 75.8 Å². The summed E-state index contributed by atoms with van der Waals surface area (Å²) in [6, 6.07) is 11.8. The Balaban J connectivity index is -0.000000319. The van der Waals surface area contributed by atoms with Crippen LogP contribution in [0.15, 0.2) is 73.6 Å². The van der Waals surface area contributed by atoms with Crippen LogP contribution in [0.5, 0.6) is 0 Å². The van der Waals surface area contributed by atoms with E-state index in [9.17, 15) is 0 Å². The monoisotopic (exact) mass is 511 g/mol. The highest BCUT2D eigenvalue weighted by Gasteiger charge is 1.86. The first-order chi connectivity index (χ1) is 13.9. The van der Waals surface area contributed by atoms with E-state index in [1.54, 1.807) is 18.6 Å². The van der Waals surface area contributed by atoms with E-state index in [4.69, 9.17) is 25.6 Å². The minimum atomic E-state index is -4.19. The Labute approximate surface area is 194 Å². The van der Waals surface area contributed by atoms with Gasteiger partial charge in [-0.15, -0.1) is 25.0 Å². The van der Waals surface area contributed by atoms with E-state index in [0.717, 1.165) is 0 Å². The second-order valence-electron chi connectivity index (χ2n) is 5.21. The van der Waals surface area contributed by atoms with Crippen molar-refractivity contribution in [1.29, 1.82) is 0 Å². The predicted octanol–water partition coefficient (Wildman–Crippen LogP) is 3.62. The van der Waals surface area contributed by atoms with Crippen LogP contribution < -0.4 is 0 Å². The molecule has 0 saturated heterocycles. The van der Waals surface area contributed by atoms with Gasteiger partial charge in [-0.3, -0.25) is 19.5 Å². The van der Waals surface area contributed by atoms with Crippen molar-refractivity contribution in [2.45, 2.75) is 20.8 Å². The van der Waals surface area contributed by atoms with Crippen LogP contribution in [0.1, 0.15) is 16.7 Å². The molecule has 1 N–H and O–H groups in total. The van der Waals surface area contributed by atoms with Gasteiger partial charge in [0.2, 0.25) is 0 Å². The van der Waals surface area contributed by atoms with Gasteiger partial charge in [0.15, 0.2) is 0 Å². The summed E-state index contributed by atoms with van der Waals surface area (Å²) in [7, 11) is -3.25. The van der Waals surface area contributed by atoms with Gasteiger partial charge in [0.1, 0.15) is 0 Å². The van der Waals surface area contributed by atoms with Crippen LogP contribution in [0.2, 0.25) is 0 Å². The zero-order valence-electron chi connectivity index (χ0n) is 16.9. The molecule has 0 spiro atoms. The van der Waals surface area contributed by atoms with Crippen molar-refractivity contribution in [2.75, 3.05) is 0 Å². The van der Waals surface area contributed by atoms with Gasteiger partial charge in [-0.05, 0) is 55.7 Å². The van der Waals surface area contributed by atoms with Gasteiger partial charge in [0.05, 0.1) is 0 Å². The summed E-state index contributed by atoms with van der Waals surface area (Å²) >= 11 is 0. The highest BCUT2D eigenvalue weighted by Crippen LogP contribution is 1.89. The van der Waals surface area contributed by atoms with Crippen LogP contribution in [0.3, 0.4) is 0 Å². The average molecular weight is 512 g/mol. The highest BCUT2D eigenvalue weighted by molar-refractivity contribution is 8.09.